The van der Waals surface area contributed by atoms with Crippen LogP contribution in [0.15, 0.2) is 30.3 Å². The molecule has 0 bridgehead atoms. The molecule has 2 aromatic rings. The topological polar surface area (TPSA) is 12.9 Å². The van der Waals surface area contributed by atoms with Crippen molar-refractivity contribution in [3.05, 3.63) is 48.0 Å². The first-order chi connectivity index (χ1) is 8.31. The van der Waals surface area contributed by atoms with Gasteiger partial charge >= 0.3 is 0 Å². The summed E-state index contributed by atoms with van der Waals surface area (Å²) in [4.78, 5) is 6.00. The van der Waals surface area contributed by atoms with Crippen molar-refractivity contribution in [3.63, 3.8) is 0 Å². The number of thiazole rings is 1. The van der Waals surface area contributed by atoms with Gasteiger partial charge in [-0.3, -0.25) is 0 Å². The normalized spacial score (nSPS) is 10.7. The zero-order chi connectivity index (χ0) is 12.1. The minimum absolute atomic E-state index is 1.02. The molecule has 1 nitrogen and oxygen atoms in total. The molecule has 1 aromatic heterocycles. The molecule has 2 rings (SSSR count). The highest BCUT2D eigenvalue weighted by Crippen LogP contribution is 2.30. The molecular formula is C15H18NS. The van der Waals surface area contributed by atoms with Crippen LogP contribution in [-0.2, 0) is 6.42 Å². The van der Waals surface area contributed by atoms with E-state index in [1.165, 1.54) is 29.0 Å². The van der Waals surface area contributed by atoms with Gasteiger partial charge in [0.15, 0.2) is 0 Å². The van der Waals surface area contributed by atoms with E-state index >= 15 is 0 Å². The first-order valence-electron chi connectivity index (χ1n) is 6.12. The van der Waals surface area contributed by atoms with Gasteiger partial charge in [0, 0.05) is 0 Å². The molecular weight excluding hydrogens is 226 g/mol. The predicted molar refractivity (Wildman–Crippen MR) is 75.2 cm³/mol. The van der Waals surface area contributed by atoms with Crippen LogP contribution in [0.3, 0.4) is 0 Å². The standard InChI is InChI=1S/C15H18NS/c1-3-4-6-11-14-15(17-12(2)16-14)13-9-7-5-8-10-13/h5,7-10H,1,3-4,6,11H2,2H3. The van der Waals surface area contributed by atoms with Crippen LogP contribution < -0.4 is 0 Å². The average molecular weight is 244 g/mol. The van der Waals surface area contributed by atoms with E-state index in [9.17, 15) is 0 Å². The summed E-state index contributed by atoms with van der Waals surface area (Å²) in [5.74, 6) is 0. The molecule has 89 valence electrons. The molecule has 0 aliphatic rings. The number of hydrogen-bond acceptors (Lipinski definition) is 2. The number of rotatable bonds is 5. The third-order valence-electron chi connectivity index (χ3n) is 2.75. The van der Waals surface area contributed by atoms with Crippen molar-refractivity contribution in [2.45, 2.75) is 32.6 Å². The van der Waals surface area contributed by atoms with Gasteiger partial charge in [0.25, 0.3) is 0 Å². The van der Waals surface area contributed by atoms with Gasteiger partial charge in [-0.25, -0.2) is 4.98 Å². The third kappa shape index (κ3) is 3.16. The number of aromatic nitrogens is 1. The van der Waals surface area contributed by atoms with E-state index in [0.717, 1.165) is 17.8 Å². The van der Waals surface area contributed by atoms with Crippen molar-refractivity contribution in [3.8, 4) is 10.4 Å². The maximum atomic E-state index is 4.66. The maximum Gasteiger partial charge on any atom is 0.0903 e. The van der Waals surface area contributed by atoms with Crippen molar-refractivity contribution < 1.29 is 0 Å². The molecule has 2 heteroatoms. The third-order valence-corrected chi connectivity index (χ3v) is 3.82. The number of nitrogens with zero attached hydrogens (tertiary/aromatic N) is 1. The van der Waals surface area contributed by atoms with Gasteiger partial charge in [-0.05, 0) is 25.3 Å². The van der Waals surface area contributed by atoms with Crippen LogP contribution in [0.4, 0.5) is 0 Å². The number of unbranched alkanes of at least 4 members (excludes halogenated alkanes) is 2. The van der Waals surface area contributed by atoms with Gasteiger partial charge in [0.2, 0.25) is 0 Å². The molecule has 0 N–H and O–H groups in total. The van der Waals surface area contributed by atoms with Crippen molar-refractivity contribution >= 4 is 11.3 Å². The lowest BCUT2D eigenvalue weighted by atomic mass is 10.1. The zero-order valence-corrected chi connectivity index (χ0v) is 11.1. The van der Waals surface area contributed by atoms with Gasteiger partial charge < -0.3 is 0 Å². The first-order valence-corrected chi connectivity index (χ1v) is 6.94. The number of benzene rings is 1. The van der Waals surface area contributed by atoms with E-state index in [2.05, 4.69) is 49.2 Å². The lowest BCUT2D eigenvalue weighted by Gasteiger charge is -2.01. The molecule has 0 aliphatic carbocycles. The van der Waals surface area contributed by atoms with Crippen molar-refractivity contribution in [2.75, 3.05) is 0 Å². The summed E-state index contributed by atoms with van der Waals surface area (Å²) in [6.07, 6.45) is 4.46. The molecule has 0 saturated heterocycles. The first kappa shape index (κ1) is 12.3. The highest BCUT2D eigenvalue weighted by atomic mass is 32.1. The highest BCUT2D eigenvalue weighted by Gasteiger charge is 2.10. The largest absolute Gasteiger partial charge is 0.246 e. The fraction of sp³-hybridized carbons (Fsp3) is 0.333. The zero-order valence-electron chi connectivity index (χ0n) is 10.3. The molecule has 0 saturated carbocycles. The van der Waals surface area contributed by atoms with Crippen LogP contribution in [-0.4, -0.2) is 4.98 Å². The molecule has 1 radical (unpaired) electrons. The Morgan fingerprint density at radius 2 is 1.94 bits per heavy atom. The van der Waals surface area contributed by atoms with E-state index in [-0.39, 0.29) is 0 Å². The average Bonchev–Trinajstić information content (AvgIpc) is 2.72. The fourth-order valence-corrected chi connectivity index (χ4v) is 2.89. The number of aryl methyl sites for hydroxylation is 2. The molecule has 0 spiro atoms. The second-order valence-electron chi connectivity index (χ2n) is 4.19. The Morgan fingerprint density at radius 3 is 2.65 bits per heavy atom. The SMILES string of the molecule is [CH2]CCCCc1nc(C)sc1-c1ccccc1. The van der Waals surface area contributed by atoms with Crippen LogP contribution in [0, 0.1) is 13.8 Å². The van der Waals surface area contributed by atoms with Gasteiger partial charge in [-0.15, -0.1) is 11.3 Å². The predicted octanol–water partition coefficient (Wildman–Crippen LogP) is 4.67. The van der Waals surface area contributed by atoms with Gasteiger partial charge in [0.1, 0.15) is 0 Å². The summed E-state index contributed by atoms with van der Waals surface area (Å²) in [5.41, 5.74) is 2.55. The van der Waals surface area contributed by atoms with Crippen molar-refractivity contribution in [1.29, 1.82) is 0 Å². The Hall–Kier alpha value is -1.15. The Kier molecular flexibility index (Phi) is 4.32. The second kappa shape index (κ2) is 5.97. The van der Waals surface area contributed by atoms with Crippen molar-refractivity contribution in [1.82, 2.24) is 4.98 Å². The molecule has 0 fully saturated rings. The fourth-order valence-electron chi connectivity index (χ4n) is 1.92. The van der Waals surface area contributed by atoms with Gasteiger partial charge in [-0.1, -0.05) is 50.1 Å². The summed E-state index contributed by atoms with van der Waals surface area (Å²) >= 11 is 1.80. The molecule has 0 unspecified atom stereocenters. The van der Waals surface area contributed by atoms with Crippen LogP contribution in [0.5, 0.6) is 0 Å². The summed E-state index contributed by atoms with van der Waals surface area (Å²) in [6.45, 7) is 5.97. The second-order valence-corrected chi connectivity index (χ2v) is 5.39. The quantitative estimate of drug-likeness (QED) is 0.697. The summed E-state index contributed by atoms with van der Waals surface area (Å²) < 4.78 is 0. The maximum absolute atomic E-state index is 4.66. The molecule has 1 heterocycles. The molecule has 0 amide bonds. The molecule has 0 atom stereocenters. The number of hydrogen-bond donors (Lipinski definition) is 0. The van der Waals surface area contributed by atoms with E-state index in [0.29, 0.717) is 0 Å². The van der Waals surface area contributed by atoms with Crippen LogP contribution >= 0.6 is 11.3 Å². The molecule has 17 heavy (non-hydrogen) atoms. The van der Waals surface area contributed by atoms with Crippen LogP contribution in [0.1, 0.15) is 30.0 Å². The van der Waals surface area contributed by atoms with E-state index in [4.69, 9.17) is 0 Å². The Morgan fingerprint density at radius 1 is 1.18 bits per heavy atom. The molecule has 0 aliphatic heterocycles. The smallest absolute Gasteiger partial charge is 0.0903 e. The summed E-state index contributed by atoms with van der Waals surface area (Å²) in [7, 11) is 0. The highest BCUT2D eigenvalue weighted by molar-refractivity contribution is 7.15. The Bertz CT molecular complexity index is 459. The lowest BCUT2D eigenvalue weighted by molar-refractivity contribution is 0.736. The van der Waals surface area contributed by atoms with Crippen molar-refractivity contribution in [2.24, 2.45) is 0 Å². The Labute approximate surface area is 108 Å². The lowest BCUT2D eigenvalue weighted by Crippen LogP contribution is -1.89. The van der Waals surface area contributed by atoms with E-state index in [1.807, 2.05) is 0 Å². The minimum atomic E-state index is 1.02. The van der Waals surface area contributed by atoms with E-state index < -0.39 is 0 Å². The summed E-state index contributed by atoms with van der Waals surface area (Å²) in [6, 6.07) is 10.6. The van der Waals surface area contributed by atoms with E-state index in [1.54, 1.807) is 11.3 Å². The monoisotopic (exact) mass is 244 g/mol. The van der Waals surface area contributed by atoms with Crippen LogP contribution in [0.2, 0.25) is 0 Å². The van der Waals surface area contributed by atoms with Gasteiger partial charge in [-0.2, -0.15) is 0 Å². The minimum Gasteiger partial charge on any atom is -0.246 e. The Balaban J connectivity index is 2.22. The van der Waals surface area contributed by atoms with Gasteiger partial charge in [0.05, 0.1) is 15.6 Å². The van der Waals surface area contributed by atoms with Crippen LogP contribution in [0.25, 0.3) is 10.4 Å². The molecule has 1 aromatic carbocycles. The summed E-state index contributed by atoms with van der Waals surface area (Å²) in [5, 5.41) is 1.16.